The summed E-state index contributed by atoms with van der Waals surface area (Å²) >= 11 is 5.95. The van der Waals surface area contributed by atoms with E-state index in [4.69, 9.17) is 17.3 Å². The number of rotatable bonds is 6. The number of nitrogens with two attached hydrogens (primary N) is 1. The summed E-state index contributed by atoms with van der Waals surface area (Å²) in [5.41, 5.74) is 7.34. The van der Waals surface area contributed by atoms with Crippen LogP contribution in [0.25, 0.3) is 0 Å². The zero-order valence-corrected chi connectivity index (χ0v) is 13.6. The monoisotopic (exact) mass is 296 g/mol. The molecule has 0 aliphatic rings. The van der Waals surface area contributed by atoms with Crippen molar-refractivity contribution in [2.45, 2.75) is 34.1 Å². The minimum atomic E-state index is -0.0782. The Hall–Kier alpha value is -1.06. The smallest absolute Gasteiger partial charge is 0.254 e. The predicted octanol–water partition coefficient (Wildman–Crippen LogP) is 3.49. The van der Waals surface area contributed by atoms with Crippen LogP contribution in [0.4, 0.5) is 0 Å². The zero-order valence-electron chi connectivity index (χ0n) is 12.9. The molecule has 1 aromatic rings. The standard InChI is InChI=1S/C16H25ClN2O/c1-5-8-19(11-16(3,4)10-18)15(20)14-7-6-13(17)9-12(14)2/h6-7,9H,5,8,10-11,18H2,1-4H3. The predicted molar refractivity (Wildman–Crippen MR) is 85.2 cm³/mol. The summed E-state index contributed by atoms with van der Waals surface area (Å²) in [6, 6.07) is 5.39. The highest BCUT2D eigenvalue weighted by atomic mass is 35.5. The fourth-order valence-electron chi connectivity index (χ4n) is 2.14. The van der Waals surface area contributed by atoms with E-state index in [9.17, 15) is 4.79 Å². The Bertz CT molecular complexity index is 472. The van der Waals surface area contributed by atoms with Crippen molar-refractivity contribution in [3.63, 3.8) is 0 Å². The Kier molecular flexibility index (Phi) is 6.03. The molecule has 0 aliphatic carbocycles. The number of carbonyl (C=O) groups excluding carboxylic acids is 1. The van der Waals surface area contributed by atoms with Gasteiger partial charge in [0.25, 0.3) is 5.91 Å². The summed E-state index contributed by atoms with van der Waals surface area (Å²) in [7, 11) is 0. The second-order valence-corrected chi connectivity index (χ2v) is 6.49. The molecular formula is C16H25ClN2O. The van der Waals surface area contributed by atoms with Crippen molar-refractivity contribution in [1.29, 1.82) is 0 Å². The molecule has 4 heteroatoms. The van der Waals surface area contributed by atoms with Crippen molar-refractivity contribution >= 4 is 17.5 Å². The molecule has 0 saturated carbocycles. The topological polar surface area (TPSA) is 46.3 Å². The van der Waals surface area contributed by atoms with E-state index in [0.29, 0.717) is 18.1 Å². The average molecular weight is 297 g/mol. The molecule has 0 unspecified atom stereocenters. The maximum absolute atomic E-state index is 12.7. The van der Waals surface area contributed by atoms with Gasteiger partial charge in [0, 0.05) is 23.7 Å². The number of aryl methyl sites for hydroxylation is 1. The van der Waals surface area contributed by atoms with Gasteiger partial charge in [0.1, 0.15) is 0 Å². The third-order valence-electron chi connectivity index (χ3n) is 3.37. The summed E-state index contributed by atoms with van der Waals surface area (Å²) in [6.45, 7) is 10.1. The van der Waals surface area contributed by atoms with Crippen LogP contribution in [0.3, 0.4) is 0 Å². The van der Waals surface area contributed by atoms with Crippen LogP contribution in [-0.2, 0) is 0 Å². The Labute approximate surface area is 127 Å². The van der Waals surface area contributed by atoms with Gasteiger partial charge in [0.2, 0.25) is 0 Å². The number of benzene rings is 1. The number of amides is 1. The molecule has 0 saturated heterocycles. The van der Waals surface area contributed by atoms with E-state index in [1.54, 1.807) is 12.1 Å². The van der Waals surface area contributed by atoms with E-state index in [-0.39, 0.29) is 11.3 Å². The summed E-state index contributed by atoms with van der Waals surface area (Å²) in [4.78, 5) is 14.6. The first-order valence-electron chi connectivity index (χ1n) is 7.06. The van der Waals surface area contributed by atoms with Gasteiger partial charge in [-0.3, -0.25) is 4.79 Å². The van der Waals surface area contributed by atoms with Crippen LogP contribution in [0.5, 0.6) is 0 Å². The highest BCUT2D eigenvalue weighted by Gasteiger charge is 2.24. The van der Waals surface area contributed by atoms with Gasteiger partial charge < -0.3 is 10.6 Å². The van der Waals surface area contributed by atoms with Crippen LogP contribution in [0.1, 0.15) is 43.1 Å². The molecule has 112 valence electrons. The molecular weight excluding hydrogens is 272 g/mol. The van der Waals surface area contributed by atoms with Gasteiger partial charge in [-0.15, -0.1) is 0 Å². The van der Waals surface area contributed by atoms with E-state index in [1.165, 1.54) is 0 Å². The van der Waals surface area contributed by atoms with Gasteiger partial charge in [-0.05, 0) is 49.1 Å². The molecule has 1 amide bonds. The first-order chi connectivity index (χ1) is 9.30. The normalized spacial score (nSPS) is 11.5. The van der Waals surface area contributed by atoms with Crippen molar-refractivity contribution < 1.29 is 4.79 Å². The van der Waals surface area contributed by atoms with Crippen LogP contribution in [-0.4, -0.2) is 30.4 Å². The van der Waals surface area contributed by atoms with Crippen LogP contribution in [0.15, 0.2) is 18.2 Å². The van der Waals surface area contributed by atoms with Crippen molar-refractivity contribution in [3.8, 4) is 0 Å². The number of nitrogens with zero attached hydrogens (tertiary/aromatic N) is 1. The molecule has 0 bridgehead atoms. The molecule has 2 N–H and O–H groups in total. The number of hydrogen-bond acceptors (Lipinski definition) is 2. The van der Waals surface area contributed by atoms with Gasteiger partial charge >= 0.3 is 0 Å². The number of hydrogen-bond donors (Lipinski definition) is 1. The summed E-state index contributed by atoms with van der Waals surface area (Å²) in [5.74, 6) is 0.0579. The third-order valence-corrected chi connectivity index (χ3v) is 3.61. The molecule has 20 heavy (non-hydrogen) atoms. The lowest BCUT2D eigenvalue weighted by Crippen LogP contribution is -2.42. The molecule has 0 heterocycles. The van der Waals surface area contributed by atoms with Gasteiger partial charge in [-0.25, -0.2) is 0 Å². The van der Waals surface area contributed by atoms with Crippen LogP contribution in [0, 0.1) is 12.3 Å². The average Bonchev–Trinajstić information content (AvgIpc) is 2.37. The van der Waals surface area contributed by atoms with Crippen LogP contribution < -0.4 is 5.73 Å². The van der Waals surface area contributed by atoms with Crippen molar-refractivity contribution in [1.82, 2.24) is 4.90 Å². The van der Waals surface area contributed by atoms with E-state index in [2.05, 4.69) is 20.8 Å². The van der Waals surface area contributed by atoms with Gasteiger partial charge in [-0.2, -0.15) is 0 Å². The summed E-state index contributed by atoms with van der Waals surface area (Å²) in [6.07, 6.45) is 0.930. The van der Waals surface area contributed by atoms with Crippen molar-refractivity contribution in [3.05, 3.63) is 34.3 Å². The Balaban J connectivity index is 2.99. The molecule has 0 aliphatic heterocycles. The Morgan fingerprint density at radius 1 is 1.40 bits per heavy atom. The van der Waals surface area contributed by atoms with Crippen molar-refractivity contribution in [2.24, 2.45) is 11.1 Å². The van der Waals surface area contributed by atoms with Crippen LogP contribution >= 0.6 is 11.6 Å². The molecule has 1 aromatic carbocycles. The fourth-order valence-corrected chi connectivity index (χ4v) is 2.37. The Morgan fingerprint density at radius 3 is 2.55 bits per heavy atom. The molecule has 0 radical (unpaired) electrons. The SMILES string of the molecule is CCCN(CC(C)(C)CN)C(=O)c1ccc(Cl)cc1C. The first kappa shape index (κ1) is 17.0. The zero-order chi connectivity index (χ0) is 15.3. The van der Waals surface area contributed by atoms with E-state index >= 15 is 0 Å². The Morgan fingerprint density at radius 2 is 2.05 bits per heavy atom. The lowest BCUT2D eigenvalue weighted by Gasteiger charge is -2.32. The first-order valence-corrected chi connectivity index (χ1v) is 7.44. The van der Waals surface area contributed by atoms with Gasteiger partial charge in [0.15, 0.2) is 0 Å². The van der Waals surface area contributed by atoms with E-state index in [0.717, 1.165) is 24.1 Å². The molecule has 0 atom stereocenters. The summed E-state index contributed by atoms with van der Waals surface area (Å²) in [5, 5.41) is 0.656. The fraction of sp³-hybridized carbons (Fsp3) is 0.562. The quantitative estimate of drug-likeness (QED) is 0.873. The molecule has 0 aromatic heterocycles. The molecule has 0 spiro atoms. The summed E-state index contributed by atoms with van der Waals surface area (Å²) < 4.78 is 0. The number of carbonyl (C=O) groups is 1. The molecule has 3 nitrogen and oxygen atoms in total. The third kappa shape index (κ3) is 4.50. The highest BCUT2D eigenvalue weighted by molar-refractivity contribution is 6.30. The highest BCUT2D eigenvalue weighted by Crippen LogP contribution is 2.20. The van der Waals surface area contributed by atoms with E-state index < -0.39 is 0 Å². The second kappa shape index (κ2) is 7.09. The van der Waals surface area contributed by atoms with Gasteiger partial charge in [0.05, 0.1) is 0 Å². The van der Waals surface area contributed by atoms with Crippen LogP contribution in [0.2, 0.25) is 5.02 Å². The lowest BCUT2D eigenvalue weighted by atomic mass is 9.92. The largest absolute Gasteiger partial charge is 0.338 e. The minimum absolute atomic E-state index is 0.0579. The van der Waals surface area contributed by atoms with Crippen molar-refractivity contribution in [2.75, 3.05) is 19.6 Å². The molecule has 0 fully saturated rings. The minimum Gasteiger partial charge on any atom is -0.338 e. The maximum atomic E-state index is 12.7. The second-order valence-electron chi connectivity index (χ2n) is 6.05. The van der Waals surface area contributed by atoms with E-state index in [1.807, 2.05) is 17.9 Å². The lowest BCUT2D eigenvalue weighted by molar-refractivity contribution is 0.0689. The molecule has 1 rings (SSSR count). The van der Waals surface area contributed by atoms with Gasteiger partial charge in [-0.1, -0.05) is 32.4 Å². The maximum Gasteiger partial charge on any atom is 0.254 e. The number of halogens is 1.